The van der Waals surface area contributed by atoms with Gasteiger partial charge in [-0.2, -0.15) is 0 Å². The van der Waals surface area contributed by atoms with Crippen molar-refractivity contribution in [3.63, 3.8) is 0 Å². The van der Waals surface area contributed by atoms with E-state index in [-0.39, 0.29) is 22.0 Å². The number of aromatic nitrogens is 3. The average molecular weight is 298 g/mol. The van der Waals surface area contributed by atoms with E-state index in [1.165, 1.54) is 22.1 Å². The zero-order valence-corrected chi connectivity index (χ0v) is 12.2. The van der Waals surface area contributed by atoms with Crippen LogP contribution in [-0.2, 0) is 11.3 Å². The minimum Gasteiger partial charge on any atom is -0.465 e. The van der Waals surface area contributed by atoms with E-state index in [0.29, 0.717) is 17.8 Å². The zero-order valence-electron chi connectivity index (χ0n) is 12.2. The summed E-state index contributed by atoms with van der Waals surface area (Å²) in [7, 11) is 1.24. The van der Waals surface area contributed by atoms with Gasteiger partial charge in [0.2, 0.25) is 0 Å². The third-order valence-electron chi connectivity index (χ3n) is 3.54. The second-order valence-corrected chi connectivity index (χ2v) is 4.73. The molecule has 0 atom stereocenters. The quantitative estimate of drug-likeness (QED) is 0.563. The molecule has 0 aliphatic rings. The number of hydrogen-bond acceptors (Lipinski definition) is 5. The molecular weight excluding hydrogens is 284 g/mol. The fourth-order valence-corrected chi connectivity index (χ4v) is 2.46. The number of esters is 1. The van der Waals surface area contributed by atoms with Crippen LogP contribution in [0, 0.1) is 5.41 Å². The number of nitrogens with zero attached hydrogens (tertiary/aromatic N) is 3. The monoisotopic (exact) mass is 298 g/mol. The van der Waals surface area contributed by atoms with Crippen LogP contribution in [0.4, 0.5) is 0 Å². The molecule has 22 heavy (non-hydrogen) atoms. The Labute approximate surface area is 124 Å². The molecule has 0 aliphatic heterocycles. The maximum Gasteiger partial charge on any atom is 0.341 e. The van der Waals surface area contributed by atoms with Crippen molar-refractivity contribution < 1.29 is 9.53 Å². The van der Waals surface area contributed by atoms with Gasteiger partial charge in [-0.1, -0.05) is 6.07 Å². The van der Waals surface area contributed by atoms with Crippen LogP contribution in [0.25, 0.3) is 16.7 Å². The minimum absolute atomic E-state index is 0.0194. The molecule has 1 N–H and O–H groups in total. The fraction of sp³-hybridized carbons (Fsp3) is 0.200. The smallest absolute Gasteiger partial charge is 0.341 e. The highest BCUT2D eigenvalue weighted by molar-refractivity contribution is 5.93. The number of carbonyl (C=O) groups excluding carboxylic acids is 1. The lowest BCUT2D eigenvalue weighted by atomic mass is 10.2. The maximum absolute atomic E-state index is 12.6. The average Bonchev–Trinajstić information content (AvgIpc) is 2.54. The number of ether oxygens (including phenoxy) is 1. The number of rotatable bonds is 2. The fourth-order valence-electron chi connectivity index (χ4n) is 2.46. The van der Waals surface area contributed by atoms with Crippen LogP contribution in [0.5, 0.6) is 0 Å². The normalized spacial score (nSPS) is 11.0. The van der Waals surface area contributed by atoms with Crippen molar-refractivity contribution in [1.29, 1.82) is 5.41 Å². The van der Waals surface area contributed by atoms with Crippen molar-refractivity contribution in [2.75, 3.05) is 7.11 Å². The predicted molar refractivity (Wildman–Crippen MR) is 79.8 cm³/mol. The lowest BCUT2D eigenvalue weighted by Crippen LogP contribution is -2.30. The first-order valence-electron chi connectivity index (χ1n) is 6.76. The first kappa shape index (κ1) is 14.0. The number of methoxy groups -OCH3 is 1. The van der Waals surface area contributed by atoms with Gasteiger partial charge in [-0.05, 0) is 25.1 Å². The molecule has 0 fully saturated rings. The van der Waals surface area contributed by atoms with Gasteiger partial charge in [0.1, 0.15) is 22.3 Å². The van der Waals surface area contributed by atoms with E-state index in [9.17, 15) is 9.59 Å². The highest BCUT2D eigenvalue weighted by atomic mass is 16.5. The van der Waals surface area contributed by atoms with Crippen molar-refractivity contribution in [2.24, 2.45) is 0 Å². The van der Waals surface area contributed by atoms with Gasteiger partial charge in [-0.25, -0.2) is 9.78 Å². The van der Waals surface area contributed by atoms with Crippen molar-refractivity contribution in [3.05, 3.63) is 51.9 Å². The van der Waals surface area contributed by atoms with Gasteiger partial charge in [0.05, 0.1) is 12.5 Å². The van der Waals surface area contributed by atoms with Crippen molar-refractivity contribution >= 4 is 22.6 Å². The summed E-state index contributed by atoms with van der Waals surface area (Å²) in [5, 5.41) is 8.43. The standard InChI is InChI=1S/C15H14N4O3/c1-3-18-12(16)9(15(21)22-2)8-10-13(18)17-11-6-4-5-7-19(11)14(10)20/h4-8,16H,3H2,1-2H3. The summed E-state index contributed by atoms with van der Waals surface area (Å²) in [5.74, 6) is -0.647. The summed E-state index contributed by atoms with van der Waals surface area (Å²) >= 11 is 0. The number of aryl methyl sites for hydroxylation is 1. The van der Waals surface area contributed by atoms with Gasteiger partial charge in [0.15, 0.2) is 0 Å². The predicted octanol–water partition coefficient (Wildman–Crippen LogP) is 0.935. The molecule has 0 radical (unpaired) electrons. The van der Waals surface area contributed by atoms with Crippen LogP contribution in [-0.4, -0.2) is 27.0 Å². The van der Waals surface area contributed by atoms with E-state index >= 15 is 0 Å². The van der Waals surface area contributed by atoms with E-state index < -0.39 is 5.97 Å². The number of hydrogen-bond donors (Lipinski definition) is 1. The van der Waals surface area contributed by atoms with Gasteiger partial charge in [0.25, 0.3) is 5.56 Å². The van der Waals surface area contributed by atoms with Crippen LogP contribution in [0.3, 0.4) is 0 Å². The van der Waals surface area contributed by atoms with Gasteiger partial charge in [0, 0.05) is 12.7 Å². The molecule has 3 aromatic rings. The van der Waals surface area contributed by atoms with Crippen LogP contribution >= 0.6 is 0 Å². The van der Waals surface area contributed by atoms with Crippen molar-refractivity contribution in [2.45, 2.75) is 13.5 Å². The van der Waals surface area contributed by atoms with Gasteiger partial charge in [-0.3, -0.25) is 14.6 Å². The van der Waals surface area contributed by atoms with Crippen LogP contribution in [0.2, 0.25) is 0 Å². The molecule has 0 amide bonds. The Morgan fingerprint density at radius 3 is 2.86 bits per heavy atom. The molecule has 0 unspecified atom stereocenters. The van der Waals surface area contributed by atoms with Crippen molar-refractivity contribution in [3.8, 4) is 0 Å². The van der Waals surface area contributed by atoms with E-state index in [1.54, 1.807) is 24.4 Å². The summed E-state index contributed by atoms with van der Waals surface area (Å²) in [6.45, 7) is 2.24. The Bertz CT molecular complexity index is 1020. The molecule has 0 bridgehead atoms. The number of fused-ring (bicyclic) bond motifs is 2. The Balaban J connectivity index is 2.57. The van der Waals surface area contributed by atoms with E-state index in [2.05, 4.69) is 4.98 Å². The van der Waals surface area contributed by atoms with Gasteiger partial charge >= 0.3 is 5.97 Å². The second kappa shape index (κ2) is 5.10. The third-order valence-corrected chi connectivity index (χ3v) is 3.54. The Morgan fingerprint density at radius 1 is 1.41 bits per heavy atom. The molecule has 3 heterocycles. The molecule has 3 aromatic heterocycles. The Hall–Kier alpha value is -2.96. The number of pyridine rings is 2. The summed E-state index contributed by atoms with van der Waals surface area (Å²) in [6, 6.07) is 6.62. The lowest BCUT2D eigenvalue weighted by molar-refractivity contribution is 0.0597. The second-order valence-electron chi connectivity index (χ2n) is 4.73. The molecular formula is C15H14N4O3. The molecule has 7 nitrogen and oxygen atoms in total. The lowest BCUT2D eigenvalue weighted by Gasteiger charge is -2.12. The van der Waals surface area contributed by atoms with Crippen LogP contribution in [0.15, 0.2) is 35.3 Å². The summed E-state index contributed by atoms with van der Waals surface area (Å²) in [4.78, 5) is 28.9. The summed E-state index contributed by atoms with van der Waals surface area (Å²) < 4.78 is 7.62. The van der Waals surface area contributed by atoms with Crippen LogP contribution < -0.4 is 11.0 Å². The molecule has 0 spiro atoms. The third kappa shape index (κ3) is 1.90. The highest BCUT2D eigenvalue weighted by Crippen LogP contribution is 2.10. The van der Waals surface area contributed by atoms with E-state index in [1.807, 2.05) is 6.92 Å². The van der Waals surface area contributed by atoms with E-state index in [0.717, 1.165) is 0 Å². The largest absolute Gasteiger partial charge is 0.465 e. The van der Waals surface area contributed by atoms with Gasteiger partial charge < -0.3 is 9.30 Å². The Morgan fingerprint density at radius 2 is 2.18 bits per heavy atom. The minimum atomic E-state index is -0.647. The number of nitrogens with one attached hydrogen (secondary N) is 1. The molecule has 7 heteroatoms. The first-order chi connectivity index (χ1) is 10.6. The first-order valence-corrected chi connectivity index (χ1v) is 6.76. The Kier molecular flexibility index (Phi) is 3.25. The molecule has 112 valence electrons. The number of carbonyl (C=O) groups is 1. The summed E-state index contributed by atoms with van der Waals surface area (Å²) in [6.07, 6.45) is 1.62. The topological polar surface area (TPSA) is 89.5 Å². The molecule has 0 aromatic carbocycles. The highest BCUT2D eigenvalue weighted by Gasteiger charge is 2.16. The van der Waals surface area contributed by atoms with Gasteiger partial charge in [-0.15, -0.1) is 0 Å². The molecule has 3 rings (SSSR count). The molecule has 0 saturated carbocycles. The zero-order chi connectivity index (χ0) is 15.9. The SMILES string of the molecule is CCn1c(=N)c(C(=O)OC)cc2c(=O)n3ccccc3nc21. The molecule has 0 saturated heterocycles. The molecule has 0 aliphatic carbocycles. The van der Waals surface area contributed by atoms with Crippen LogP contribution in [0.1, 0.15) is 17.3 Å². The maximum atomic E-state index is 12.6. The summed E-state index contributed by atoms with van der Waals surface area (Å²) in [5.41, 5.74) is 0.623. The van der Waals surface area contributed by atoms with E-state index in [4.69, 9.17) is 10.1 Å². The van der Waals surface area contributed by atoms with Crippen molar-refractivity contribution in [1.82, 2.24) is 14.0 Å².